The van der Waals surface area contributed by atoms with Crippen LogP contribution in [0.25, 0.3) is 0 Å². The third kappa shape index (κ3) is 5.45. The fourth-order valence-electron chi connectivity index (χ4n) is 4.18. The lowest BCUT2D eigenvalue weighted by atomic mass is 10.1. The molecule has 1 aliphatic rings. The van der Waals surface area contributed by atoms with Crippen LogP contribution in [0.3, 0.4) is 0 Å². The Hall–Kier alpha value is -2.69. The van der Waals surface area contributed by atoms with Gasteiger partial charge < -0.3 is 4.74 Å². The summed E-state index contributed by atoms with van der Waals surface area (Å²) in [6, 6.07) is 24.0. The highest BCUT2D eigenvalue weighted by Gasteiger charge is 2.35. The van der Waals surface area contributed by atoms with Crippen molar-refractivity contribution in [2.24, 2.45) is 5.10 Å². The zero-order valence-corrected chi connectivity index (χ0v) is 19.3. The van der Waals surface area contributed by atoms with Crippen molar-refractivity contribution in [3.05, 3.63) is 90.0 Å². The quantitative estimate of drug-likeness (QED) is 0.362. The van der Waals surface area contributed by atoms with E-state index in [2.05, 4.69) is 5.10 Å². The molecule has 0 unspecified atom stereocenters. The van der Waals surface area contributed by atoms with Crippen LogP contribution in [-0.4, -0.2) is 37.5 Å². The molecule has 0 bridgehead atoms. The van der Waals surface area contributed by atoms with Gasteiger partial charge in [0, 0.05) is 19.2 Å². The Morgan fingerprint density at radius 3 is 2.18 bits per heavy atom. The minimum absolute atomic E-state index is 0.0810. The van der Waals surface area contributed by atoms with Crippen molar-refractivity contribution < 1.29 is 17.9 Å². The monoisotopic (exact) mass is 470 g/mol. The molecule has 1 fully saturated rings. The van der Waals surface area contributed by atoms with Crippen molar-refractivity contribution in [1.29, 1.82) is 0 Å². The molecule has 172 valence electrons. The summed E-state index contributed by atoms with van der Waals surface area (Å²) >= 11 is 0. The molecule has 0 amide bonds. The first kappa shape index (κ1) is 23.5. The minimum Gasteiger partial charge on any atom is -0.382 e. The molecule has 0 radical (unpaired) electrons. The van der Waals surface area contributed by atoms with Crippen LogP contribution >= 0.6 is 7.92 Å². The highest BCUT2D eigenvalue weighted by Crippen LogP contribution is 2.38. The number of benzene rings is 3. The number of hydrogen-bond acceptors (Lipinski definition) is 3. The fraction of sp³-hybridized carbons (Fsp3) is 0.269. The molecule has 0 aromatic heterocycles. The summed E-state index contributed by atoms with van der Waals surface area (Å²) in [5.74, 6) is 0. The normalized spacial score (nSPS) is 16.8. The van der Waals surface area contributed by atoms with Crippen LogP contribution in [0.2, 0.25) is 0 Å². The van der Waals surface area contributed by atoms with Crippen LogP contribution in [0, 0.1) is 0 Å². The van der Waals surface area contributed by atoms with E-state index >= 15 is 0 Å². The minimum atomic E-state index is -4.48. The first-order valence-corrected chi connectivity index (χ1v) is 12.2. The van der Waals surface area contributed by atoms with E-state index in [-0.39, 0.29) is 11.6 Å². The van der Waals surface area contributed by atoms with Crippen molar-refractivity contribution in [1.82, 2.24) is 5.01 Å². The van der Waals surface area contributed by atoms with Gasteiger partial charge in [0.2, 0.25) is 0 Å². The molecule has 0 saturated carbocycles. The van der Waals surface area contributed by atoms with Crippen LogP contribution in [-0.2, 0) is 10.9 Å². The second kappa shape index (κ2) is 10.5. The standard InChI is InChI=1S/C26H26F3N2OP/c1-32-19-20-10-9-17-31(20)30-18-23-24(26(27,28)29)15-8-16-25(23)33(21-11-4-2-5-12-21)22-13-6-3-7-14-22/h2-8,11-16,18,20H,9-10,17,19H2,1H3/b30-18+/t20-/m0/s1. The third-order valence-electron chi connectivity index (χ3n) is 5.70. The van der Waals surface area contributed by atoms with Gasteiger partial charge in [0.05, 0.1) is 24.4 Å². The van der Waals surface area contributed by atoms with E-state index in [4.69, 9.17) is 4.74 Å². The van der Waals surface area contributed by atoms with Crippen molar-refractivity contribution in [3.63, 3.8) is 0 Å². The number of nitrogens with zero attached hydrogens (tertiary/aromatic N) is 2. The van der Waals surface area contributed by atoms with Gasteiger partial charge in [0.1, 0.15) is 0 Å². The molecule has 0 aliphatic carbocycles. The highest BCUT2D eigenvalue weighted by atomic mass is 31.1. The maximum Gasteiger partial charge on any atom is 0.417 e. The van der Waals surface area contributed by atoms with Gasteiger partial charge >= 0.3 is 6.18 Å². The van der Waals surface area contributed by atoms with Crippen LogP contribution in [0.5, 0.6) is 0 Å². The van der Waals surface area contributed by atoms with Crippen molar-refractivity contribution >= 4 is 30.0 Å². The Balaban J connectivity index is 1.86. The Kier molecular flexibility index (Phi) is 7.46. The first-order valence-electron chi connectivity index (χ1n) is 10.9. The van der Waals surface area contributed by atoms with E-state index in [1.165, 1.54) is 12.3 Å². The molecule has 3 aromatic rings. The van der Waals surface area contributed by atoms with Gasteiger partial charge in [-0.2, -0.15) is 18.3 Å². The van der Waals surface area contributed by atoms with Gasteiger partial charge in [-0.25, -0.2) is 0 Å². The lowest BCUT2D eigenvalue weighted by molar-refractivity contribution is -0.137. The van der Waals surface area contributed by atoms with Gasteiger partial charge in [-0.05, 0) is 42.7 Å². The van der Waals surface area contributed by atoms with E-state index in [9.17, 15) is 13.2 Å². The van der Waals surface area contributed by atoms with Crippen LogP contribution in [0.1, 0.15) is 24.0 Å². The number of methoxy groups -OCH3 is 1. The molecule has 1 heterocycles. The second-order valence-corrected chi connectivity index (χ2v) is 10.1. The predicted molar refractivity (Wildman–Crippen MR) is 129 cm³/mol. The SMILES string of the molecule is COC[C@@H]1CCCN1/N=C/c1c(P(c2ccccc2)c2ccccc2)cccc1C(F)(F)F. The smallest absolute Gasteiger partial charge is 0.382 e. The topological polar surface area (TPSA) is 24.8 Å². The molecule has 3 aromatic carbocycles. The summed E-state index contributed by atoms with van der Waals surface area (Å²) < 4.78 is 47.6. The zero-order valence-electron chi connectivity index (χ0n) is 18.4. The number of rotatable bonds is 7. The predicted octanol–water partition coefficient (Wildman–Crippen LogP) is 4.91. The molecule has 0 N–H and O–H groups in total. The van der Waals surface area contributed by atoms with E-state index in [0.717, 1.165) is 29.5 Å². The summed E-state index contributed by atoms with van der Waals surface area (Å²) in [6.45, 7) is 1.21. The molecular formula is C26H26F3N2OP. The summed E-state index contributed by atoms with van der Waals surface area (Å²) in [5, 5.41) is 9.02. The largest absolute Gasteiger partial charge is 0.417 e. The average molecular weight is 470 g/mol. The Labute approximate surface area is 193 Å². The maximum atomic E-state index is 14.1. The summed E-state index contributed by atoms with van der Waals surface area (Å²) in [5.41, 5.74) is -0.530. The molecule has 1 saturated heterocycles. The zero-order chi connectivity index (χ0) is 23.3. The van der Waals surface area contributed by atoms with Crippen molar-refractivity contribution in [2.45, 2.75) is 25.1 Å². The van der Waals surface area contributed by atoms with Gasteiger partial charge in [-0.15, -0.1) is 0 Å². The number of hydrazone groups is 1. The highest BCUT2D eigenvalue weighted by molar-refractivity contribution is 7.80. The summed E-state index contributed by atoms with van der Waals surface area (Å²) in [7, 11) is 0.423. The van der Waals surface area contributed by atoms with Crippen LogP contribution < -0.4 is 15.9 Å². The van der Waals surface area contributed by atoms with Gasteiger partial charge in [-0.3, -0.25) is 5.01 Å². The number of hydrogen-bond donors (Lipinski definition) is 0. The third-order valence-corrected chi connectivity index (χ3v) is 8.20. The van der Waals surface area contributed by atoms with Crippen LogP contribution in [0.15, 0.2) is 84.0 Å². The molecule has 33 heavy (non-hydrogen) atoms. The first-order chi connectivity index (χ1) is 16.0. The van der Waals surface area contributed by atoms with E-state index in [1.807, 2.05) is 65.7 Å². The Morgan fingerprint density at radius 2 is 1.61 bits per heavy atom. The number of alkyl halides is 3. The van der Waals surface area contributed by atoms with Gasteiger partial charge in [0.15, 0.2) is 0 Å². The summed E-state index contributed by atoms with van der Waals surface area (Å²) in [6.07, 6.45) is -1.21. The summed E-state index contributed by atoms with van der Waals surface area (Å²) in [4.78, 5) is 0. The molecule has 0 spiro atoms. The van der Waals surface area contributed by atoms with Crippen molar-refractivity contribution in [2.75, 3.05) is 20.3 Å². The number of ether oxygens (including phenoxy) is 1. The number of halogens is 3. The van der Waals surface area contributed by atoms with Crippen molar-refractivity contribution in [3.8, 4) is 0 Å². The molecular weight excluding hydrogens is 444 g/mol. The van der Waals surface area contributed by atoms with E-state index < -0.39 is 19.7 Å². The lowest BCUT2D eigenvalue weighted by Crippen LogP contribution is -2.30. The Morgan fingerprint density at radius 1 is 0.970 bits per heavy atom. The Bertz CT molecular complexity index is 1030. The van der Waals surface area contributed by atoms with Crippen LogP contribution in [0.4, 0.5) is 13.2 Å². The van der Waals surface area contributed by atoms with Gasteiger partial charge in [0.25, 0.3) is 0 Å². The lowest BCUT2D eigenvalue weighted by Gasteiger charge is -2.24. The van der Waals surface area contributed by atoms with E-state index in [0.29, 0.717) is 18.5 Å². The molecule has 4 rings (SSSR count). The molecule has 3 nitrogen and oxygen atoms in total. The fourth-order valence-corrected chi connectivity index (χ4v) is 6.63. The maximum absolute atomic E-state index is 14.1. The average Bonchev–Trinajstić information content (AvgIpc) is 3.26. The van der Waals surface area contributed by atoms with Gasteiger partial charge in [-0.1, -0.05) is 72.8 Å². The van der Waals surface area contributed by atoms with E-state index in [1.54, 1.807) is 13.2 Å². The second-order valence-electron chi connectivity index (χ2n) is 7.90. The molecule has 1 atom stereocenters. The molecule has 1 aliphatic heterocycles. The molecule has 7 heteroatoms.